The van der Waals surface area contributed by atoms with Crippen molar-refractivity contribution in [3.63, 3.8) is 0 Å². The molecule has 4 heteroatoms. The van der Waals surface area contributed by atoms with Crippen LogP contribution in [0.15, 0.2) is 231 Å². The van der Waals surface area contributed by atoms with Gasteiger partial charge in [-0.25, -0.2) is 19.9 Å². The van der Waals surface area contributed by atoms with Crippen molar-refractivity contribution in [2.24, 2.45) is 0 Å². The van der Waals surface area contributed by atoms with Gasteiger partial charge >= 0.3 is 0 Å². The van der Waals surface area contributed by atoms with Gasteiger partial charge in [0.15, 0.2) is 11.6 Å². The summed E-state index contributed by atoms with van der Waals surface area (Å²) in [5, 5.41) is 0. The molecule has 10 rings (SSSR count). The van der Waals surface area contributed by atoms with E-state index in [9.17, 15) is 0 Å². The van der Waals surface area contributed by atoms with E-state index in [0.29, 0.717) is 11.6 Å². The molecule has 2 heterocycles. The third-order valence-corrected chi connectivity index (χ3v) is 10.8. The maximum absolute atomic E-state index is 5.28. The first-order chi connectivity index (χ1) is 29.8. The van der Waals surface area contributed by atoms with Crippen LogP contribution < -0.4 is 0 Å². The molecule has 4 nitrogen and oxygen atoms in total. The van der Waals surface area contributed by atoms with E-state index in [1.807, 2.05) is 36.4 Å². The van der Waals surface area contributed by atoms with E-state index in [2.05, 4.69) is 194 Å². The van der Waals surface area contributed by atoms with Crippen LogP contribution in [0.5, 0.6) is 0 Å². The van der Waals surface area contributed by atoms with Crippen molar-refractivity contribution in [2.45, 2.75) is 0 Å². The molecule has 0 aliphatic rings. The number of hydrogen-bond acceptors (Lipinski definition) is 4. The molecule has 0 bridgehead atoms. The summed E-state index contributed by atoms with van der Waals surface area (Å²) in [5.74, 6) is 1.35. The van der Waals surface area contributed by atoms with E-state index in [1.54, 1.807) is 0 Å². The van der Waals surface area contributed by atoms with Crippen LogP contribution in [0.3, 0.4) is 0 Å². The van der Waals surface area contributed by atoms with E-state index in [1.165, 1.54) is 0 Å². The Morgan fingerprint density at radius 1 is 0.167 bits per heavy atom. The third kappa shape index (κ3) is 7.30. The molecule has 2 aromatic heterocycles. The van der Waals surface area contributed by atoms with Gasteiger partial charge in [-0.05, 0) is 22.3 Å². The first-order valence-electron chi connectivity index (χ1n) is 20.1. The first-order valence-corrected chi connectivity index (χ1v) is 20.1. The number of hydrogen-bond donors (Lipinski definition) is 0. The zero-order valence-electron chi connectivity index (χ0n) is 32.7. The van der Waals surface area contributed by atoms with Crippen LogP contribution in [0.4, 0.5) is 0 Å². The Bertz CT molecular complexity index is 2680. The molecule has 8 aromatic carbocycles. The highest BCUT2D eigenvalue weighted by atomic mass is 14.9. The van der Waals surface area contributed by atoms with Gasteiger partial charge in [-0.2, -0.15) is 0 Å². The highest BCUT2D eigenvalue weighted by Gasteiger charge is 2.22. The maximum atomic E-state index is 5.28. The summed E-state index contributed by atoms with van der Waals surface area (Å²) in [6.45, 7) is 0. The van der Waals surface area contributed by atoms with Crippen LogP contribution in [0.25, 0.3) is 101 Å². The normalized spacial score (nSPS) is 11.0. The Kier molecular flexibility index (Phi) is 9.92. The van der Waals surface area contributed by atoms with E-state index < -0.39 is 0 Å². The molecule has 0 fully saturated rings. The second-order valence-corrected chi connectivity index (χ2v) is 14.6. The number of nitrogens with zero attached hydrogens (tertiary/aromatic N) is 4. The SMILES string of the molecule is c1ccc(-c2nc(-c3ccc(-c4ccc(-c5nc(-c6ccccc6)c(-c6ccccc6)c(-c6ccccc6)n5)cc4)cc3)nc(-c3ccccc3)c2-c2ccccc2)cc1. The lowest BCUT2D eigenvalue weighted by atomic mass is 9.94. The van der Waals surface area contributed by atoms with Gasteiger partial charge < -0.3 is 0 Å². The lowest BCUT2D eigenvalue weighted by molar-refractivity contribution is 1.18. The zero-order valence-corrected chi connectivity index (χ0v) is 32.7. The van der Waals surface area contributed by atoms with Crippen molar-refractivity contribution in [1.29, 1.82) is 0 Å². The largest absolute Gasteiger partial charge is 0.227 e. The molecule has 0 atom stereocenters. The third-order valence-electron chi connectivity index (χ3n) is 10.8. The van der Waals surface area contributed by atoms with E-state index >= 15 is 0 Å². The number of rotatable bonds is 9. The van der Waals surface area contributed by atoms with Crippen LogP contribution >= 0.6 is 0 Å². The molecular weight excluding hydrogens is 729 g/mol. The lowest BCUT2D eigenvalue weighted by Gasteiger charge is -2.17. The fraction of sp³-hybridized carbons (Fsp3) is 0. The molecule has 0 saturated heterocycles. The average Bonchev–Trinajstić information content (AvgIpc) is 3.35. The van der Waals surface area contributed by atoms with Gasteiger partial charge in [-0.15, -0.1) is 0 Å². The van der Waals surface area contributed by atoms with Gasteiger partial charge in [0.25, 0.3) is 0 Å². The summed E-state index contributed by atoms with van der Waals surface area (Å²) in [5.41, 5.74) is 16.0. The Labute approximate surface area is 350 Å². The smallest absolute Gasteiger partial charge is 0.160 e. The maximum Gasteiger partial charge on any atom is 0.160 e. The molecule has 60 heavy (non-hydrogen) atoms. The van der Waals surface area contributed by atoms with Gasteiger partial charge in [-0.3, -0.25) is 0 Å². The van der Waals surface area contributed by atoms with Gasteiger partial charge in [-0.1, -0.05) is 231 Å². The minimum Gasteiger partial charge on any atom is -0.227 e. The summed E-state index contributed by atoms with van der Waals surface area (Å²) in [7, 11) is 0. The molecule has 0 aliphatic carbocycles. The molecule has 0 spiro atoms. The summed E-state index contributed by atoms with van der Waals surface area (Å²) in [4.78, 5) is 21.1. The Morgan fingerprint density at radius 3 is 0.600 bits per heavy atom. The number of aromatic nitrogens is 4. The molecule has 282 valence electrons. The van der Waals surface area contributed by atoms with Crippen LogP contribution in [0, 0.1) is 0 Å². The minimum absolute atomic E-state index is 0.675. The van der Waals surface area contributed by atoms with Crippen molar-refractivity contribution in [3.05, 3.63) is 231 Å². The molecule has 0 radical (unpaired) electrons. The highest BCUT2D eigenvalue weighted by Crippen LogP contribution is 2.41. The molecule has 10 aromatic rings. The Hall–Kier alpha value is -8.08. The monoisotopic (exact) mass is 766 g/mol. The summed E-state index contributed by atoms with van der Waals surface area (Å²) >= 11 is 0. The molecule has 0 N–H and O–H groups in total. The van der Waals surface area contributed by atoms with Crippen molar-refractivity contribution in [3.8, 4) is 101 Å². The number of benzene rings is 8. The summed E-state index contributed by atoms with van der Waals surface area (Å²) < 4.78 is 0. The van der Waals surface area contributed by atoms with Crippen LogP contribution in [0.1, 0.15) is 0 Å². The average molecular weight is 767 g/mol. The van der Waals surface area contributed by atoms with E-state index in [4.69, 9.17) is 19.9 Å². The van der Waals surface area contributed by atoms with Gasteiger partial charge in [0.1, 0.15) is 0 Å². The summed E-state index contributed by atoms with van der Waals surface area (Å²) in [6, 6.07) is 79.5. The fourth-order valence-corrected chi connectivity index (χ4v) is 7.78. The van der Waals surface area contributed by atoms with Crippen LogP contribution in [-0.4, -0.2) is 19.9 Å². The van der Waals surface area contributed by atoms with Crippen LogP contribution in [-0.2, 0) is 0 Å². The second kappa shape index (κ2) is 16.4. The van der Waals surface area contributed by atoms with Crippen LogP contribution in [0.2, 0.25) is 0 Å². The molecule has 0 unspecified atom stereocenters. The predicted molar refractivity (Wildman–Crippen MR) is 247 cm³/mol. The summed E-state index contributed by atoms with van der Waals surface area (Å²) in [6.07, 6.45) is 0. The lowest BCUT2D eigenvalue weighted by Crippen LogP contribution is -2.01. The quantitative estimate of drug-likeness (QED) is 0.147. The minimum atomic E-state index is 0.675. The first kappa shape index (κ1) is 36.3. The standard InChI is InChI=1S/C56H38N4/c1-7-19-41(20-8-1)49-51(43-23-11-3-12-24-43)57-55(58-52(49)44-25-13-4-14-26-44)47-35-31-39(32-36-47)40-33-37-48(38-34-40)56-59-53(45-27-15-5-16-28-45)50(42-21-9-2-10-22-42)54(60-56)46-29-17-6-18-30-46/h1-38H. The van der Waals surface area contributed by atoms with E-state index in [0.717, 1.165) is 89.5 Å². The Morgan fingerprint density at radius 2 is 0.367 bits per heavy atom. The Balaban J connectivity index is 1.04. The van der Waals surface area contributed by atoms with Crippen molar-refractivity contribution in [1.82, 2.24) is 19.9 Å². The van der Waals surface area contributed by atoms with Gasteiger partial charge in [0.2, 0.25) is 0 Å². The van der Waals surface area contributed by atoms with Crippen molar-refractivity contribution >= 4 is 0 Å². The topological polar surface area (TPSA) is 51.6 Å². The van der Waals surface area contributed by atoms with Crippen molar-refractivity contribution in [2.75, 3.05) is 0 Å². The fourth-order valence-electron chi connectivity index (χ4n) is 7.78. The molecule has 0 aliphatic heterocycles. The molecular formula is C56H38N4. The van der Waals surface area contributed by atoms with E-state index in [-0.39, 0.29) is 0 Å². The second-order valence-electron chi connectivity index (χ2n) is 14.6. The predicted octanol–water partition coefficient (Wildman–Crippen LogP) is 14.3. The molecule has 0 amide bonds. The zero-order chi connectivity index (χ0) is 40.1. The van der Waals surface area contributed by atoms with Crippen molar-refractivity contribution < 1.29 is 0 Å². The van der Waals surface area contributed by atoms with Gasteiger partial charge in [0, 0.05) is 44.5 Å². The van der Waals surface area contributed by atoms with Gasteiger partial charge in [0.05, 0.1) is 22.8 Å². The highest BCUT2D eigenvalue weighted by molar-refractivity contribution is 5.93. The molecule has 0 saturated carbocycles.